The molecule has 0 aromatic carbocycles. The van der Waals surface area contributed by atoms with Gasteiger partial charge in [-0.25, -0.2) is 4.98 Å². The van der Waals surface area contributed by atoms with E-state index in [1.54, 1.807) is 0 Å². The Hall–Kier alpha value is -0.830. The van der Waals surface area contributed by atoms with Crippen LogP contribution in [-0.4, -0.2) is 23.2 Å². The molecule has 1 aromatic rings. The third-order valence-electron chi connectivity index (χ3n) is 2.75. The normalized spacial score (nSPS) is 19.2. The second-order valence-corrected chi connectivity index (χ2v) is 3.72. The van der Waals surface area contributed by atoms with Gasteiger partial charge >= 0.3 is 0 Å². The molecular weight excluding hydrogens is 164 g/mol. The van der Waals surface area contributed by atoms with Crippen LogP contribution in [0, 0.1) is 13.8 Å². The average molecular weight is 180 g/mol. The first-order valence-electron chi connectivity index (χ1n) is 4.88. The van der Waals surface area contributed by atoms with E-state index in [0.29, 0.717) is 5.92 Å². The fraction of sp³-hybridized carbons (Fsp3) is 0.700. The largest absolute Gasteiger partial charge is 0.381 e. The third kappa shape index (κ3) is 1.75. The summed E-state index contributed by atoms with van der Waals surface area (Å²) in [5.41, 5.74) is 2.32. The summed E-state index contributed by atoms with van der Waals surface area (Å²) in [6.07, 6.45) is 2.21. The second-order valence-electron chi connectivity index (χ2n) is 3.72. The minimum absolute atomic E-state index is 0.584. The number of aromatic amines is 1. The van der Waals surface area contributed by atoms with E-state index in [2.05, 4.69) is 23.8 Å². The van der Waals surface area contributed by atoms with E-state index in [0.717, 1.165) is 37.6 Å². The van der Waals surface area contributed by atoms with E-state index in [9.17, 15) is 0 Å². The molecule has 1 aliphatic rings. The molecular formula is C10H16N2O. The van der Waals surface area contributed by atoms with E-state index in [1.165, 1.54) is 5.69 Å². The standard InChI is InChI=1S/C10H16N2O/c1-7-8(2)12-10(11-7)9-3-5-13-6-4-9/h9H,3-6H2,1-2H3,(H,11,12). The summed E-state index contributed by atoms with van der Waals surface area (Å²) >= 11 is 0. The molecule has 3 nitrogen and oxygen atoms in total. The van der Waals surface area contributed by atoms with Crippen LogP contribution in [-0.2, 0) is 4.74 Å². The van der Waals surface area contributed by atoms with Crippen LogP contribution in [0.15, 0.2) is 0 Å². The van der Waals surface area contributed by atoms with Gasteiger partial charge in [0.15, 0.2) is 0 Å². The van der Waals surface area contributed by atoms with Crippen molar-refractivity contribution < 1.29 is 4.74 Å². The van der Waals surface area contributed by atoms with E-state index < -0.39 is 0 Å². The van der Waals surface area contributed by atoms with Crippen molar-refractivity contribution in [1.29, 1.82) is 0 Å². The molecule has 0 bridgehead atoms. The summed E-state index contributed by atoms with van der Waals surface area (Å²) in [5.74, 6) is 1.74. The van der Waals surface area contributed by atoms with Crippen molar-refractivity contribution in [1.82, 2.24) is 9.97 Å². The van der Waals surface area contributed by atoms with Crippen molar-refractivity contribution in [3.63, 3.8) is 0 Å². The number of hydrogen-bond donors (Lipinski definition) is 1. The fourth-order valence-corrected chi connectivity index (χ4v) is 1.74. The van der Waals surface area contributed by atoms with Crippen LogP contribution < -0.4 is 0 Å². The maximum atomic E-state index is 5.32. The van der Waals surface area contributed by atoms with Gasteiger partial charge in [0.25, 0.3) is 0 Å². The average Bonchev–Trinajstić information content (AvgIpc) is 2.49. The summed E-state index contributed by atoms with van der Waals surface area (Å²) in [4.78, 5) is 7.87. The molecule has 0 atom stereocenters. The number of aromatic nitrogens is 2. The molecule has 1 aliphatic heterocycles. The van der Waals surface area contributed by atoms with Gasteiger partial charge in [0, 0.05) is 24.8 Å². The van der Waals surface area contributed by atoms with Crippen molar-refractivity contribution in [2.45, 2.75) is 32.6 Å². The number of nitrogens with zero attached hydrogens (tertiary/aromatic N) is 1. The Morgan fingerprint density at radius 2 is 2.00 bits per heavy atom. The van der Waals surface area contributed by atoms with Gasteiger partial charge in [-0.3, -0.25) is 0 Å². The highest BCUT2D eigenvalue weighted by molar-refractivity contribution is 5.13. The van der Waals surface area contributed by atoms with Crippen LogP contribution >= 0.6 is 0 Å². The highest BCUT2D eigenvalue weighted by atomic mass is 16.5. The maximum absolute atomic E-state index is 5.32. The van der Waals surface area contributed by atoms with Gasteiger partial charge in [0.1, 0.15) is 5.82 Å². The number of imidazole rings is 1. The molecule has 0 unspecified atom stereocenters. The van der Waals surface area contributed by atoms with Crippen LogP contribution in [0.25, 0.3) is 0 Å². The highest BCUT2D eigenvalue weighted by Crippen LogP contribution is 2.24. The van der Waals surface area contributed by atoms with E-state index in [1.807, 2.05) is 0 Å². The van der Waals surface area contributed by atoms with Crippen LogP contribution in [0.2, 0.25) is 0 Å². The summed E-state index contributed by atoms with van der Waals surface area (Å²) < 4.78 is 5.32. The lowest BCUT2D eigenvalue weighted by atomic mass is 10.00. The van der Waals surface area contributed by atoms with Gasteiger partial charge in [0.05, 0.1) is 5.69 Å². The summed E-state index contributed by atoms with van der Waals surface area (Å²) in [7, 11) is 0. The van der Waals surface area contributed by atoms with Crippen molar-refractivity contribution >= 4 is 0 Å². The summed E-state index contributed by atoms with van der Waals surface area (Å²) in [6, 6.07) is 0. The molecule has 3 heteroatoms. The van der Waals surface area contributed by atoms with Crippen LogP contribution in [0.5, 0.6) is 0 Å². The zero-order valence-corrected chi connectivity index (χ0v) is 8.26. The predicted octanol–water partition coefficient (Wildman–Crippen LogP) is 1.92. The summed E-state index contributed by atoms with van der Waals surface area (Å²) in [5, 5.41) is 0. The van der Waals surface area contributed by atoms with Crippen LogP contribution in [0.1, 0.15) is 36.0 Å². The molecule has 13 heavy (non-hydrogen) atoms. The molecule has 2 rings (SSSR count). The zero-order chi connectivity index (χ0) is 9.26. The Morgan fingerprint density at radius 3 is 2.54 bits per heavy atom. The minimum atomic E-state index is 0.584. The maximum Gasteiger partial charge on any atom is 0.109 e. The number of ether oxygens (including phenoxy) is 1. The van der Waals surface area contributed by atoms with Crippen molar-refractivity contribution in [3.05, 3.63) is 17.2 Å². The Morgan fingerprint density at radius 1 is 1.31 bits per heavy atom. The van der Waals surface area contributed by atoms with E-state index in [4.69, 9.17) is 4.74 Å². The number of H-pyrrole nitrogens is 1. The van der Waals surface area contributed by atoms with E-state index in [-0.39, 0.29) is 0 Å². The number of rotatable bonds is 1. The molecule has 0 amide bonds. The molecule has 0 radical (unpaired) electrons. The Bertz CT molecular complexity index is 268. The molecule has 0 aliphatic carbocycles. The lowest BCUT2D eigenvalue weighted by molar-refractivity contribution is 0.0837. The zero-order valence-electron chi connectivity index (χ0n) is 8.26. The molecule has 72 valence electrons. The second kappa shape index (κ2) is 3.50. The van der Waals surface area contributed by atoms with Crippen LogP contribution in [0.3, 0.4) is 0 Å². The van der Waals surface area contributed by atoms with Gasteiger partial charge in [-0.2, -0.15) is 0 Å². The first-order chi connectivity index (χ1) is 6.27. The fourth-order valence-electron chi connectivity index (χ4n) is 1.74. The Labute approximate surface area is 78.5 Å². The summed E-state index contributed by atoms with van der Waals surface area (Å²) in [6.45, 7) is 5.88. The van der Waals surface area contributed by atoms with Gasteiger partial charge in [0.2, 0.25) is 0 Å². The van der Waals surface area contributed by atoms with Gasteiger partial charge in [-0.05, 0) is 26.7 Å². The molecule has 2 heterocycles. The number of nitrogens with one attached hydrogen (secondary N) is 1. The number of hydrogen-bond acceptors (Lipinski definition) is 2. The lowest BCUT2D eigenvalue weighted by Gasteiger charge is -2.19. The van der Waals surface area contributed by atoms with Crippen molar-refractivity contribution in [3.8, 4) is 0 Å². The Balaban J connectivity index is 2.14. The smallest absolute Gasteiger partial charge is 0.109 e. The molecule has 0 spiro atoms. The van der Waals surface area contributed by atoms with Crippen molar-refractivity contribution in [2.24, 2.45) is 0 Å². The van der Waals surface area contributed by atoms with Gasteiger partial charge in [-0.15, -0.1) is 0 Å². The van der Waals surface area contributed by atoms with Crippen LogP contribution in [0.4, 0.5) is 0 Å². The quantitative estimate of drug-likeness (QED) is 0.717. The lowest BCUT2D eigenvalue weighted by Crippen LogP contribution is -2.15. The van der Waals surface area contributed by atoms with E-state index >= 15 is 0 Å². The van der Waals surface area contributed by atoms with Crippen molar-refractivity contribution in [2.75, 3.05) is 13.2 Å². The Kier molecular flexibility index (Phi) is 2.36. The molecule has 1 aromatic heterocycles. The minimum Gasteiger partial charge on any atom is -0.381 e. The predicted molar refractivity (Wildman–Crippen MR) is 50.9 cm³/mol. The van der Waals surface area contributed by atoms with Gasteiger partial charge < -0.3 is 9.72 Å². The molecule has 1 N–H and O–H groups in total. The topological polar surface area (TPSA) is 37.9 Å². The number of aryl methyl sites for hydroxylation is 2. The SMILES string of the molecule is Cc1nc(C2CCOCC2)[nH]c1C. The molecule has 0 saturated carbocycles. The third-order valence-corrected chi connectivity index (χ3v) is 2.75. The molecule has 1 fully saturated rings. The highest BCUT2D eigenvalue weighted by Gasteiger charge is 2.18. The first-order valence-corrected chi connectivity index (χ1v) is 4.88. The first kappa shape index (κ1) is 8.75. The monoisotopic (exact) mass is 180 g/mol. The van der Waals surface area contributed by atoms with Gasteiger partial charge in [-0.1, -0.05) is 0 Å². The molecule has 1 saturated heterocycles.